The van der Waals surface area contributed by atoms with Gasteiger partial charge in [-0.25, -0.2) is 15.4 Å². The summed E-state index contributed by atoms with van der Waals surface area (Å²) in [6.45, 7) is 1.78. The summed E-state index contributed by atoms with van der Waals surface area (Å²) in [5.41, 5.74) is 5.16. The number of rotatable bonds is 7. The maximum atomic E-state index is 12.3. The summed E-state index contributed by atoms with van der Waals surface area (Å²) >= 11 is 1.23. The Balaban J connectivity index is 1.57. The van der Waals surface area contributed by atoms with Crippen LogP contribution < -0.4 is 10.7 Å². The highest BCUT2D eigenvalue weighted by Gasteiger charge is 2.07. The molecule has 1 aromatic heterocycles. The van der Waals surface area contributed by atoms with Gasteiger partial charge in [-0.3, -0.25) is 9.59 Å². The van der Waals surface area contributed by atoms with Gasteiger partial charge in [-0.1, -0.05) is 42.1 Å². The van der Waals surface area contributed by atoms with Crippen LogP contribution in [-0.4, -0.2) is 33.2 Å². The molecule has 0 saturated heterocycles. The number of benzene rings is 2. The number of amides is 2. The third kappa shape index (κ3) is 6.25. The molecule has 8 heteroatoms. The Hall–Kier alpha value is -3.52. The third-order valence-electron chi connectivity index (χ3n) is 3.80. The van der Waals surface area contributed by atoms with E-state index in [-0.39, 0.29) is 17.6 Å². The maximum absolute atomic E-state index is 12.3. The second-order valence-electron chi connectivity index (χ2n) is 5.95. The molecule has 2 amide bonds. The normalized spacial score (nSPS) is 11.0. The summed E-state index contributed by atoms with van der Waals surface area (Å²) < 4.78 is 0. The summed E-state index contributed by atoms with van der Waals surface area (Å²) in [7, 11) is 0. The molecule has 0 aliphatic carbocycles. The number of thioether (sulfide) groups is 1. The molecule has 1 heterocycles. The first-order valence-corrected chi connectivity index (χ1v) is 9.80. The van der Waals surface area contributed by atoms with E-state index in [0.29, 0.717) is 22.1 Å². The van der Waals surface area contributed by atoms with Gasteiger partial charge in [0.2, 0.25) is 0 Å². The molecular formula is C21H19N5O2S. The van der Waals surface area contributed by atoms with Crippen molar-refractivity contribution in [3.05, 3.63) is 84.2 Å². The highest BCUT2D eigenvalue weighted by molar-refractivity contribution is 7.99. The SMILES string of the molecule is C/C(=N/NC(=O)CSc1ncccn1)c1cccc(NC(=O)c2ccccc2)c1. The molecule has 0 fully saturated rings. The lowest BCUT2D eigenvalue weighted by Gasteiger charge is -2.08. The molecule has 29 heavy (non-hydrogen) atoms. The Kier molecular flexibility index (Phi) is 7.07. The summed E-state index contributed by atoms with van der Waals surface area (Å²) in [5.74, 6) is -0.283. The van der Waals surface area contributed by atoms with Gasteiger partial charge >= 0.3 is 0 Å². The van der Waals surface area contributed by atoms with Gasteiger partial charge in [0.1, 0.15) is 0 Å². The van der Waals surface area contributed by atoms with Crippen LogP contribution >= 0.6 is 11.8 Å². The molecule has 2 aromatic carbocycles. The van der Waals surface area contributed by atoms with Gasteiger partial charge in [-0.15, -0.1) is 0 Å². The number of hydrazone groups is 1. The molecule has 3 aromatic rings. The second kappa shape index (κ2) is 10.1. The predicted octanol–water partition coefficient (Wildman–Crippen LogP) is 3.36. The highest BCUT2D eigenvalue weighted by Crippen LogP contribution is 2.14. The number of aromatic nitrogens is 2. The lowest BCUT2D eigenvalue weighted by Crippen LogP contribution is -2.21. The molecule has 2 N–H and O–H groups in total. The second-order valence-corrected chi connectivity index (χ2v) is 6.90. The third-order valence-corrected chi connectivity index (χ3v) is 4.67. The van der Waals surface area contributed by atoms with Crippen LogP contribution in [0, 0.1) is 0 Å². The number of carbonyl (C=O) groups excluding carboxylic acids is 2. The maximum Gasteiger partial charge on any atom is 0.255 e. The minimum atomic E-state index is -0.254. The zero-order valence-electron chi connectivity index (χ0n) is 15.7. The molecule has 3 rings (SSSR count). The summed E-state index contributed by atoms with van der Waals surface area (Å²) in [6.07, 6.45) is 3.25. The van der Waals surface area contributed by atoms with Crippen LogP contribution in [0.25, 0.3) is 0 Å². The standard InChI is InChI=1S/C21H19N5O2S/c1-15(25-26-19(27)14-29-21-22-11-6-12-23-21)17-9-5-10-18(13-17)24-20(28)16-7-3-2-4-8-16/h2-13H,14H2,1H3,(H,24,28)(H,26,27)/b25-15-. The Morgan fingerprint density at radius 1 is 0.966 bits per heavy atom. The van der Waals surface area contributed by atoms with Crippen LogP contribution in [0.1, 0.15) is 22.8 Å². The van der Waals surface area contributed by atoms with E-state index in [9.17, 15) is 9.59 Å². The van der Waals surface area contributed by atoms with Gasteiger partial charge in [0.25, 0.3) is 11.8 Å². The van der Waals surface area contributed by atoms with Gasteiger partial charge < -0.3 is 5.32 Å². The first kappa shape index (κ1) is 20.2. The minimum absolute atomic E-state index is 0.161. The molecule has 0 saturated carbocycles. The molecule has 0 spiro atoms. The minimum Gasteiger partial charge on any atom is -0.322 e. The van der Waals surface area contributed by atoms with Crippen molar-refractivity contribution in [3.63, 3.8) is 0 Å². The zero-order chi connectivity index (χ0) is 20.5. The van der Waals surface area contributed by atoms with Crippen molar-refractivity contribution >= 4 is 35.0 Å². The molecule has 7 nitrogen and oxygen atoms in total. The first-order chi connectivity index (χ1) is 14.1. The number of carbonyl (C=O) groups is 2. The van der Waals surface area contributed by atoms with Gasteiger partial charge in [-0.05, 0) is 42.8 Å². The average Bonchev–Trinajstić information content (AvgIpc) is 2.77. The van der Waals surface area contributed by atoms with Crippen LogP contribution in [0.2, 0.25) is 0 Å². The van der Waals surface area contributed by atoms with E-state index in [4.69, 9.17) is 0 Å². The van der Waals surface area contributed by atoms with Crippen LogP contribution in [0.5, 0.6) is 0 Å². The van der Waals surface area contributed by atoms with Gasteiger partial charge in [0.15, 0.2) is 5.16 Å². The van der Waals surface area contributed by atoms with Crippen molar-refractivity contribution in [1.82, 2.24) is 15.4 Å². The van der Waals surface area contributed by atoms with Crippen molar-refractivity contribution in [1.29, 1.82) is 0 Å². The van der Waals surface area contributed by atoms with Crippen molar-refractivity contribution in [2.75, 3.05) is 11.1 Å². The number of nitrogens with one attached hydrogen (secondary N) is 2. The van der Waals surface area contributed by atoms with E-state index in [2.05, 4.69) is 25.8 Å². The number of hydrogen-bond acceptors (Lipinski definition) is 6. The number of hydrogen-bond donors (Lipinski definition) is 2. The van der Waals surface area contributed by atoms with E-state index in [1.807, 2.05) is 30.3 Å². The van der Waals surface area contributed by atoms with E-state index >= 15 is 0 Å². The van der Waals surface area contributed by atoms with Gasteiger partial charge in [0.05, 0.1) is 11.5 Å². The topological polar surface area (TPSA) is 96.3 Å². The van der Waals surface area contributed by atoms with Crippen LogP contribution in [0.15, 0.2) is 83.3 Å². The quantitative estimate of drug-likeness (QED) is 0.272. The Morgan fingerprint density at radius 2 is 1.69 bits per heavy atom. The predicted molar refractivity (Wildman–Crippen MR) is 114 cm³/mol. The largest absolute Gasteiger partial charge is 0.322 e. The molecule has 146 valence electrons. The fraction of sp³-hybridized carbons (Fsp3) is 0.0952. The van der Waals surface area contributed by atoms with E-state index in [0.717, 1.165) is 5.56 Å². The zero-order valence-corrected chi connectivity index (χ0v) is 16.5. The van der Waals surface area contributed by atoms with Crippen molar-refractivity contribution in [3.8, 4) is 0 Å². The van der Waals surface area contributed by atoms with E-state index in [1.54, 1.807) is 49.6 Å². The summed E-state index contributed by atoms with van der Waals surface area (Å²) in [5, 5.41) is 7.53. The van der Waals surface area contributed by atoms with Crippen molar-refractivity contribution in [2.45, 2.75) is 12.1 Å². The van der Waals surface area contributed by atoms with Crippen LogP contribution in [-0.2, 0) is 4.79 Å². The summed E-state index contributed by atoms with van der Waals surface area (Å²) in [4.78, 5) is 32.4. The smallest absolute Gasteiger partial charge is 0.255 e. The summed E-state index contributed by atoms with van der Waals surface area (Å²) in [6, 6.07) is 18.0. The first-order valence-electron chi connectivity index (χ1n) is 8.81. The Morgan fingerprint density at radius 3 is 2.45 bits per heavy atom. The Bertz CT molecular complexity index is 1010. The Labute approximate surface area is 172 Å². The molecule has 0 aliphatic rings. The fourth-order valence-corrected chi connectivity index (χ4v) is 2.94. The molecule has 0 bridgehead atoms. The van der Waals surface area contributed by atoms with E-state index < -0.39 is 0 Å². The lowest BCUT2D eigenvalue weighted by molar-refractivity contribution is -0.118. The van der Waals surface area contributed by atoms with Crippen molar-refractivity contribution < 1.29 is 9.59 Å². The molecule has 0 aliphatic heterocycles. The van der Waals surface area contributed by atoms with Gasteiger partial charge in [0, 0.05) is 23.6 Å². The number of anilines is 1. The monoisotopic (exact) mass is 405 g/mol. The van der Waals surface area contributed by atoms with Crippen LogP contribution in [0.4, 0.5) is 5.69 Å². The van der Waals surface area contributed by atoms with Crippen LogP contribution in [0.3, 0.4) is 0 Å². The number of nitrogens with zero attached hydrogens (tertiary/aromatic N) is 3. The molecule has 0 radical (unpaired) electrons. The molecular weight excluding hydrogens is 386 g/mol. The molecule has 0 unspecified atom stereocenters. The highest BCUT2D eigenvalue weighted by atomic mass is 32.2. The van der Waals surface area contributed by atoms with E-state index in [1.165, 1.54) is 11.8 Å². The van der Waals surface area contributed by atoms with Crippen molar-refractivity contribution in [2.24, 2.45) is 5.10 Å². The molecule has 0 atom stereocenters. The fourth-order valence-electron chi connectivity index (χ4n) is 2.35. The lowest BCUT2D eigenvalue weighted by atomic mass is 10.1. The van der Waals surface area contributed by atoms with Gasteiger partial charge in [-0.2, -0.15) is 5.10 Å². The average molecular weight is 405 g/mol.